The first kappa shape index (κ1) is 15.8. The average Bonchev–Trinajstić information content (AvgIpc) is 2.53. The minimum absolute atomic E-state index is 0.235. The van der Waals surface area contributed by atoms with E-state index in [0.29, 0.717) is 17.1 Å². The van der Waals surface area contributed by atoms with E-state index in [4.69, 9.17) is 15.7 Å². The number of hydrogen-bond acceptors (Lipinski definition) is 4. The van der Waals surface area contributed by atoms with Crippen LogP contribution in [0.15, 0.2) is 60.2 Å². The maximum atomic E-state index is 11.6. The predicted molar refractivity (Wildman–Crippen MR) is 84.3 cm³/mol. The van der Waals surface area contributed by atoms with Crippen molar-refractivity contribution >= 4 is 18.0 Å². The summed E-state index contributed by atoms with van der Waals surface area (Å²) in [6.07, 6.45) is 1.34. The van der Waals surface area contributed by atoms with Crippen LogP contribution in [0.1, 0.15) is 5.56 Å². The first-order valence-corrected chi connectivity index (χ1v) is 6.64. The van der Waals surface area contributed by atoms with Crippen LogP contribution in [0.2, 0.25) is 0 Å². The number of primary amides is 1. The molecule has 0 aliphatic rings. The molecule has 6 nitrogen and oxygen atoms in total. The van der Waals surface area contributed by atoms with E-state index >= 15 is 0 Å². The number of nitrogens with zero attached hydrogens (tertiary/aromatic N) is 1. The summed E-state index contributed by atoms with van der Waals surface area (Å²) in [4.78, 5) is 22.3. The van der Waals surface area contributed by atoms with Crippen LogP contribution in [-0.4, -0.2) is 11.9 Å². The summed E-state index contributed by atoms with van der Waals surface area (Å²) in [6, 6.07) is 16.7. The van der Waals surface area contributed by atoms with Crippen LogP contribution >= 0.6 is 0 Å². The number of carbonyl (C=O) groups is 2. The number of imide groups is 1. The molecule has 3 amide bonds. The summed E-state index contributed by atoms with van der Waals surface area (Å²) in [7, 11) is 0. The van der Waals surface area contributed by atoms with E-state index in [9.17, 15) is 9.59 Å². The number of para-hydroxylation sites is 1. The largest absolute Gasteiger partial charge is 0.457 e. The fraction of sp³-hybridized carbons (Fsp3) is 0. The number of nitriles is 1. The van der Waals surface area contributed by atoms with E-state index in [0.717, 1.165) is 0 Å². The molecule has 0 fully saturated rings. The minimum atomic E-state index is -1.02. The third kappa shape index (κ3) is 4.72. The zero-order chi connectivity index (χ0) is 16.7. The van der Waals surface area contributed by atoms with Crippen LogP contribution in [0, 0.1) is 11.3 Å². The maximum absolute atomic E-state index is 11.6. The van der Waals surface area contributed by atoms with E-state index in [1.165, 1.54) is 6.08 Å². The molecule has 6 heteroatoms. The SMILES string of the molecule is N#C/C(=C\c1cccc(Oc2ccccc2)c1)C(=O)NC(N)=O. The van der Waals surface area contributed by atoms with Gasteiger partial charge in [0.15, 0.2) is 0 Å². The van der Waals surface area contributed by atoms with Gasteiger partial charge in [0.1, 0.15) is 23.1 Å². The Bertz CT molecular complexity index is 792. The number of carbonyl (C=O) groups excluding carboxylic acids is 2. The highest BCUT2D eigenvalue weighted by molar-refractivity contribution is 6.08. The van der Waals surface area contributed by atoms with Gasteiger partial charge in [-0.15, -0.1) is 0 Å². The molecule has 0 heterocycles. The van der Waals surface area contributed by atoms with Gasteiger partial charge in [-0.2, -0.15) is 5.26 Å². The second-order valence-corrected chi connectivity index (χ2v) is 4.48. The number of nitrogens with one attached hydrogen (secondary N) is 1. The molecule has 0 aliphatic carbocycles. The Balaban J connectivity index is 2.21. The van der Waals surface area contributed by atoms with Crippen molar-refractivity contribution in [1.29, 1.82) is 5.26 Å². The first-order chi connectivity index (χ1) is 11.1. The lowest BCUT2D eigenvalue weighted by molar-refractivity contribution is -0.115. The van der Waals surface area contributed by atoms with Crippen LogP contribution < -0.4 is 15.8 Å². The van der Waals surface area contributed by atoms with Crippen molar-refractivity contribution in [3.8, 4) is 17.6 Å². The maximum Gasteiger partial charge on any atom is 0.319 e. The van der Waals surface area contributed by atoms with Crippen LogP contribution in [0.3, 0.4) is 0 Å². The monoisotopic (exact) mass is 307 g/mol. The molecule has 0 atom stereocenters. The van der Waals surface area contributed by atoms with Crippen LogP contribution in [0.25, 0.3) is 6.08 Å². The second kappa shape index (κ2) is 7.43. The average molecular weight is 307 g/mol. The zero-order valence-corrected chi connectivity index (χ0v) is 12.0. The Labute approximate surface area is 132 Å². The van der Waals surface area contributed by atoms with Crippen molar-refractivity contribution in [3.63, 3.8) is 0 Å². The summed E-state index contributed by atoms with van der Waals surface area (Å²) in [5.74, 6) is 0.368. The molecule has 0 unspecified atom stereocenters. The molecular weight excluding hydrogens is 294 g/mol. The molecule has 0 radical (unpaired) electrons. The fourth-order valence-electron chi connectivity index (χ4n) is 1.79. The van der Waals surface area contributed by atoms with Gasteiger partial charge in [0.05, 0.1) is 0 Å². The molecule has 0 saturated heterocycles. The molecule has 2 aromatic rings. The lowest BCUT2D eigenvalue weighted by Gasteiger charge is -2.06. The zero-order valence-electron chi connectivity index (χ0n) is 12.0. The van der Waals surface area contributed by atoms with E-state index in [-0.39, 0.29) is 5.57 Å². The van der Waals surface area contributed by atoms with Gasteiger partial charge < -0.3 is 10.5 Å². The molecule has 0 saturated carbocycles. The highest BCUT2D eigenvalue weighted by Crippen LogP contribution is 2.22. The van der Waals surface area contributed by atoms with Crippen molar-refractivity contribution in [2.75, 3.05) is 0 Å². The molecular formula is C17H13N3O3. The minimum Gasteiger partial charge on any atom is -0.457 e. The number of urea groups is 1. The highest BCUT2D eigenvalue weighted by Gasteiger charge is 2.11. The molecule has 0 aromatic heterocycles. The van der Waals surface area contributed by atoms with E-state index in [1.807, 2.05) is 35.6 Å². The third-order valence-electron chi connectivity index (χ3n) is 2.75. The van der Waals surface area contributed by atoms with Gasteiger partial charge in [-0.05, 0) is 35.9 Å². The second-order valence-electron chi connectivity index (χ2n) is 4.48. The molecule has 2 rings (SSSR count). The molecule has 23 heavy (non-hydrogen) atoms. The van der Waals surface area contributed by atoms with Gasteiger partial charge in [0.2, 0.25) is 0 Å². The number of ether oxygens (including phenoxy) is 1. The Morgan fingerprint density at radius 1 is 1.09 bits per heavy atom. The van der Waals surface area contributed by atoms with Gasteiger partial charge in [-0.25, -0.2) is 4.79 Å². The number of amides is 3. The first-order valence-electron chi connectivity index (χ1n) is 6.64. The molecule has 0 spiro atoms. The van der Waals surface area contributed by atoms with Gasteiger partial charge >= 0.3 is 6.03 Å². The van der Waals surface area contributed by atoms with Crippen molar-refractivity contribution in [2.24, 2.45) is 5.73 Å². The highest BCUT2D eigenvalue weighted by atomic mass is 16.5. The number of hydrogen-bond donors (Lipinski definition) is 2. The number of rotatable bonds is 4. The summed E-state index contributed by atoms with van der Waals surface area (Å²) in [5, 5.41) is 10.9. The topological polar surface area (TPSA) is 105 Å². The van der Waals surface area contributed by atoms with Gasteiger partial charge in [-0.3, -0.25) is 10.1 Å². The van der Waals surface area contributed by atoms with Crippen LogP contribution in [0.5, 0.6) is 11.5 Å². The summed E-state index contributed by atoms with van der Waals surface area (Å²) in [5.41, 5.74) is 5.20. The van der Waals surface area contributed by atoms with Crippen molar-refractivity contribution in [2.45, 2.75) is 0 Å². The molecule has 0 aliphatic heterocycles. The Morgan fingerprint density at radius 3 is 2.43 bits per heavy atom. The van der Waals surface area contributed by atoms with E-state index < -0.39 is 11.9 Å². The van der Waals surface area contributed by atoms with Gasteiger partial charge in [0, 0.05) is 0 Å². The summed E-state index contributed by atoms with van der Waals surface area (Å²) < 4.78 is 5.67. The Kier molecular flexibility index (Phi) is 5.10. The lowest BCUT2D eigenvalue weighted by atomic mass is 10.1. The molecule has 2 aromatic carbocycles. The fourth-order valence-corrected chi connectivity index (χ4v) is 1.79. The summed E-state index contributed by atoms with van der Waals surface area (Å²) >= 11 is 0. The van der Waals surface area contributed by atoms with Crippen molar-refractivity contribution in [3.05, 3.63) is 65.7 Å². The standard InChI is InChI=1S/C17H13N3O3/c18-11-13(16(21)20-17(19)22)9-12-5-4-8-15(10-12)23-14-6-2-1-3-7-14/h1-10H,(H3,19,20,21,22)/b13-9+. The third-order valence-corrected chi connectivity index (χ3v) is 2.75. The van der Waals surface area contributed by atoms with Crippen molar-refractivity contribution < 1.29 is 14.3 Å². The Morgan fingerprint density at radius 2 is 1.78 bits per heavy atom. The summed E-state index contributed by atoms with van der Waals surface area (Å²) in [6.45, 7) is 0. The normalized spacial score (nSPS) is 10.5. The molecule has 0 bridgehead atoms. The predicted octanol–water partition coefficient (Wildman–Crippen LogP) is 2.58. The number of benzene rings is 2. The Hall–Kier alpha value is -3.59. The van der Waals surface area contributed by atoms with Crippen LogP contribution in [-0.2, 0) is 4.79 Å². The van der Waals surface area contributed by atoms with Gasteiger partial charge in [-0.1, -0.05) is 30.3 Å². The van der Waals surface area contributed by atoms with Gasteiger partial charge in [0.25, 0.3) is 5.91 Å². The van der Waals surface area contributed by atoms with E-state index in [1.54, 1.807) is 30.3 Å². The molecule has 3 N–H and O–H groups in total. The molecule has 114 valence electrons. The number of nitrogens with two attached hydrogens (primary N) is 1. The lowest BCUT2D eigenvalue weighted by Crippen LogP contribution is -2.35. The van der Waals surface area contributed by atoms with Crippen molar-refractivity contribution in [1.82, 2.24) is 5.32 Å². The smallest absolute Gasteiger partial charge is 0.319 e. The van der Waals surface area contributed by atoms with E-state index in [2.05, 4.69) is 0 Å². The van der Waals surface area contributed by atoms with Crippen LogP contribution in [0.4, 0.5) is 4.79 Å². The quantitative estimate of drug-likeness (QED) is 0.669.